The van der Waals surface area contributed by atoms with Gasteiger partial charge in [-0.3, -0.25) is 0 Å². The van der Waals surface area contributed by atoms with Crippen molar-refractivity contribution in [3.05, 3.63) is 35.9 Å². The summed E-state index contributed by atoms with van der Waals surface area (Å²) in [5.74, 6) is 0. The number of benzene rings is 1. The van der Waals surface area contributed by atoms with Crippen molar-refractivity contribution in [2.24, 2.45) is 5.16 Å². The molecule has 0 unspecified atom stereocenters. The highest BCUT2D eigenvalue weighted by molar-refractivity contribution is 6.06. The van der Waals surface area contributed by atoms with Gasteiger partial charge in [-0.1, -0.05) is 54.8 Å². The fraction of sp³-hybridized carbons (Fsp3) is 0.462. The Morgan fingerprint density at radius 1 is 1.06 bits per heavy atom. The van der Waals surface area contributed by atoms with Crippen LogP contribution in [0.25, 0.3) is 0 Å². The number of nitrogens with zero attached hydrogens (tertiary/aromatic N) is 1. The lowest BCUT2D eigenvalue weighted by Gasteiger charge is -2.32. The molecule has 16 heavy (non-hydrogen) atoms. The quantitative estimate of drug-likeness (QED) is 0.456. The highest BCUT2D eigenvalue weighted by Gasteiger charge is 2.36. The van der Waals surface area contributed by atoms with Gasteiger partial charge in [0.05, 0.1) is 0 Å². The Morgan fingerprint density at radius 3 is 2.25 bits per heavy atom. The van der Waals surface area contributed by atoms with Gasteiger partial charge in [0.15, 0.2) is 0 Å². The van der Waals surface area contributed by atoms with Crippen LogP contribution in [-0.2, 0) is 0 Å². The molecule has 0 aliphatic heterocycles. The Morgan fingerprint density at radius 2 is 1.69 bits per heavy atom. The monoisotopic (exact) mass is 219 g/mol. The summed E-state index contributed by atoms with van der Waals surface area (Å²) < 4.78 is 0. The predicted molar refractivity (Wildman–Crippen MR) is 62.8 cm³/mol. The third-order valence-corrected chi connectivity index (χ3v) is 3.27. The van der Waals surface area contributed by atoms with Gasteiger partial charge in [0.1, 0.15) is 11.3 Å². The maximum Gasteiger partial charge on any atom is 0.118 e. The largest absolute Gasteiger partial charge is 0.411 e. The van der Waals surface area contributed by atoms with Gasteiger partial charge >= 0.3 is 0 Å². The van der Waals surface area contributed by atoms with Crippen LogP contribution in [0.3, 0.4) is 0 Å². The summed E-state index contributed by atoms with van der Waals surface area (Å²) in [7, 11) is 0. The van der Waals surface area contributed by atoms with E-state index < -0.39 is 5.60 Å². The van der Waals surface area contributed by atoms with Crippen LogP contribution in [0.2, 0.25) is 0 Å². The second-order valence-electron chi connectivity index (χ2n) is 4.41. The van der Waals surface area contributed by atoms with Crippen LogP contribution in [0.15, 0.2) is 35.5 Å². The van der Waals surface area contributed by atoms with Crippen LogP contribution in [0.1, 0.15) is 37.7 Å². The molecule has 0 amide bonds. The molecule has 0 spiro atoms. The van der Waals surface area contributed by atoms with Crippen molar-refractivity contribution in [3.8, 4) is 0 Å². The van der Waals surface area contributed by atoms with Crippen LogP contribution in [0.4, 0.5) is 0 Å². The van der Waals surface area contributed by atoms with Crippen LogP contribution in [0.5, 0.6) is 0 Å². The van der Waals surface area contributed by atoms with E-state index >= 15 is 0 Å². The Bertz CT molecular complexity index is 367. The Hall–Kier alpha value is -1.35. The van der Waals surface area contributed by atoms with Gasteiger partial charge in [0.2, 0.25) is 0 Å². The summed E-state index contributed by atoms with van der Waals surface area (Å²) in [5.41, 5.74) is 0.260. The number of hydrogen-bond acceptors (Lipinski definition) is 3. The first kappa shape index (κ1) is 11.1. The third kappa shape index (κ3) is 2.09. The average molecular weight is 219 g/mol. The molecule has 1 fully saturated rings. The van der Waals surface area contributed by atoms with E-state index in [1.54, 1.807) is 0 Å². The lowest BCUT2D eigenvalue weighted by Crippen LogP contribution is -2.41. The molecule has 0 atom stereocenters. The summed E-state index contributed by atoms with van der Waals surface area (Å²) in [5, 5.41) is 22.9. The molecule has 1 aliphatic rings. The topological polar surface area (TPSA) is 52.8 Å². The molecule has 0 radical (unpaired) electrons. The van der Waals surface area contributed by atoms with E-state index in [-0.39, 0.29) is 0 Å². The van der Waals surface area contributed by atoms with E-state index in [2.05, 4.69) is 5.16 Å². The molecule has 0 saturated heterocycles. The Labute approximate surface area is 95.4 Å². The van der Waals surface area contributed by atoms with Crippen LogP contribution in [0, 0.1) is 0 Å². The maximum absolute atomic E-state index is 10.5. The molecule has 86 valence electrons. The number of aliphatic hydroxyl groups is 1. The first-order valence-electron chi connectivity index (χ1n) is 5.77. The molecule has 0 heterocycles. The summed E-state index contributed by atoms with van der Waals surface area (Å²) in [6, 6.07) is 9.39. The first-order valence-corrected chi connectivity index (χ1v) is 5.77. The van der Waals surface area contributed by atoms with Crippen molar-refractivity contribution in [1.82, 2.24) is 0 Å². The van der Waals surface area contributed by atoms with E-state index in [0.717, 1.165) is 24.8 Å². The molecular weight excluding hydrogens is 202 g/mol. The van der Waals surface area contributed by atoms with Crippen LogP contribution >= 0.6 is 0 Å². The molecule has 2 N–H and O–H groups in total. The molecule has 2 rings (SSSR count). The second kappa shape index (κ2) is 4.66. The molecule has 1 aliphatic carbocycles. The first-order chi connectivity index (χ1) is 7.76. The summed E-state index contributed by atoms with van der Waals surface area (Å²) >= 11 is 0. The van der Waals surface area contributed by atoms with E-state index in [4.69, 9.17) is 5.21 Å². The lowest BCUT2D eigenvalue weighted by molar-refractivity contribution is 0.0680. The molecule has 1 aromatic carbocycles. The number of oxime groups is 1. The van der Waals surface area contributed by atoms with Crippen molar-refractivity contribution in [1.29, 1.82) is 0 Å². The standard InChI is InChI=1S/C13H17NO2/c15-13(9-5-2-6-10-13)12(14-16)11-7-3-1-4-8-11/h1,3-4,7-8,15-16H,2,5-6,9-10H2/b14-12+. The zero-order valence-corrected chi connectivity index (χ0v) is 9.26. The fourth-order valence-corrected chi connectivity index (χ4v) is 2.39. The summed E-state index contributed by atoms with van der Waals surface area (Å²) in [6.07, 6.45) is 4.49. The molecular formula is C13H17NO2. The molecule has 3 nitrogen and oxygen atoms in total. The summed E-state index contributed by atoms with van der Waals surface area (Å²) in [6.45, 7) is 0. The smallest absolute Gasteiger partial charge is 0.118 e. The van der Waals surface area contributed by atoms with Crippen molar-refractivity contribution in [2.75, 3.05) is 0 Å². The van der Waals surface area contributed by atoms with Crippen molar-refractivity contribution in [3.63, 3.8) is 0 Å². The third-order valence-electron chi connectivity index (χ3n) is 3.27. The van der Waals surface area contributed by atoms with Gasteiger partial charge in [-0.05, 0) is 12.8 Å². The summed E-state index contributed by atoms with van der Waals surface area (Å²) in [4.78, 5) is 0. The van der Waals surface area contributed by atoms with E-state index in [1.807, 2.05) is 30.3 Å². The SMILES string of the molecule is O/N=C(\c1ccccc1)C1(O)CCCCC1. The van der Waals surface area contributed by atoms with E-state index in [1.165, 1.54) is 0 Å². The van der Waals surface area contributed by atoms with Gasteiger partial charge in [-0.2, -0.15) is 0 Å². The van der Waals surface area contributed by atoms with Crippen molar-refractivity contribution in [2.45, 2.75) is 37.7 Å². The molecule has 1 saturated carbocycles. The predicted octanol–water partition coefficient (Wildman–Crippen LogP) is 2.56. The van der Waals surface area contributed by atoms with Gasteiger partial charge in [0.25, 0.3) is 0 Å². The Balaban J connectivity index is 2.29. The van der Waals surface area contributed by atoms with Crippen molar-refractivity contribution < 1.29 is 10.3 Å². The maximum atomic E-state index is 10.5. The minimum atomic E-state index is -0.950. The molecule has 1 aromatic rings. The average Bonchev–Trinajstić information content (AvgIpc) is 2.32. The molecule has 0 aromatic heterocycles. The van der Waals surface area contributed by atoms with Gasteiger partial charge in [0, 0.05) is 5.56 Å². The van der Waals surface area contributed by atoms with E-state index in [0.29, 0.717) is 18.6 Å². The van der Waals surface area contributed by atoms with Crippen LogP contribution < -0.4 is 0 Å². The molecule has 3 heteroatoms. The Kier molecular flexibility index (Phi) is 3.25. The minimum Gasteiger partial charge on any atom is -0.411 e. The van der Waals surface area contributed by atoms with Gasteiger partial charge < -0.3 is 10.3 Å². The second-order valence-corrected chi connectivity index (χ2v) is 4.41. The highest BCUT2D eigenvalue weighted by atomic mass is 16.4. The van der Waals surface area contributed by atoms with E-state index in [9.17, 15) is 5.11 Å². The lowest BCUT2D eigenvalue weighted by atomic mass is 9.79. The highest BCUT2D eigenvalue weighted by Crippen LogP contribution is 2.31. The normalized spacial score (nSPS) is 20.7. The van der Waals surface area contributed by atoms with Gasteiger partial charge in [-0.25, -0.2) is 0 Å². The number of hydrogen-bond donors (Lipinski definition) is 2. The zero-order chi connectivity index (χ0) is 11.4. The number of rotatable bonds is 2. The van der Waals surface area contributed by atoms with Crippen LogP contribution in [-0.4, -0.2) is 21.6 Å². The van der Waals surface area contributed by atoms with Gasteiger partial charge in [-0.15, -0.1) is 0 Å². The fourth-order valence-electron chi connectivity index (χ4n) is 2.39. The minimum absolute atomic E-state index is 0.410. The zero-order valence-electron chi connectivity index (χ0n) is 9.26. The van der Waals surface area contributed by atoms with Crippen molar-refractivity contribution >= 4 is 5.71 Å². The molecule has 0 bridgehead atoms.